The highest BCUT2D eigenvalue weighted by Crippen LogP contribution is 2.21. The van der Waals surface area contributed by atoms with Crippen LogP contribution in [0.3, 0.4) is 0 Å². The van der Waals surface area contributed by atoms with Gasteiger partial charge >= 0.3 is 16.1 Å². The average Bonchev–Trinajstić information content (AvgIpc) is 2.61. The van der Waals surface area contributed by atoms with Crippen molar-refractivity contribution in [1.82, 2.24) is 4.90 Å². The molecule has 1 unspecified atom stereocenters. The van der Waals surface area contributed by atoms with Gasteiger partial charge in [0.15, 0.2) is 5.78 Å². The van der Waals surface area contributed by atoms with E-state index in [0.29, 0.717) is 12.1 Å². The molecule has 28 heavy (non-hydrogen) atoms. The van der Waals surface area contributed by atoms with Crippen LogP contribution < -0.4 is 4.18 Å². The Bertz CT molecular complexity index is 924. The Morgan fingerprint density at radius 2 is 1.50 bits per heavy atom. The fourth-order valence-electron chi connectivity index (χ4n) is 2.53. The second kappa shape index (κ2) is 9.68. The molecule has 2 aromatic rings. The minimum Gasteiger partial charge on any atom is -0.478 e. The predicted octanol–water partition coefficient (Wildman–Crippen LogP) is 2.95. The maximum atomic E-state index is 12.4. The number of rotatable bonds is 8. The lowest BCUT2D eigenvalue weighted by atomic mass is 9.99. The molecule has 0 spiro atoms. The molecule has 0 amide bonds. The van der Waals surface area contributed by atoms with Crippen LogP contribution in [0.25, 0.3) is 0 Å². The summed E-state index contributed by atoms with van der Waals surface area (Å²) in [6.45, 7) is 2.44. The van der Waals surface area contributed by atoms with E-state index in [1.165, 1.54) is 48.5 Å². The van der Waals surface area contributed by atoms with Gasteiger partial charge in [0.2, 0.25) is 0 Å². The van der Waals surface area contributed by atoms with Crippen molar-refractivity contribution in [2.45, 2.75) is 11.8 Å². The van der Waals surface area contributed by atoms with Crippen LogP contribution in [0, 0.1) is 5.92 Å². The Labute approximate surface area is 170 Å². The molecule has 0 saturated heterocycles. The zero-order valence-corrected chi connectivity index (χ0v) is 17.3. The SMILES string of the molecule is CC(CN(C)C)C(=O)c1ccc(OS(=O)(=O)c2ccc(C(=O)O)cc2)cc1.Cl. The summed E-state index contributed by atoms with van der Waals surface area (Å²) < 4.78 is 29.6. The minimum absolute atomic E-state index is 0. The Kier molecular flexibility index (Phi) is 8.16. The third-order valence-corrected chi connectivity index (χ3v) is 5.08. The van der Waals surface area contributed by atoms with E-state index in [-0.39, 0.29) is 40.3 Å². The first-order valence-electron chi connectivity index (χ1n) is 8.17. The molecule has 0 aliphatic carbocycles. The number of carbonyl (C=O) groups is 2. The molecule has 1 atom stereocenters. The highest BCUT2D eigenvalue weighted by molar-refractivity contribution is 7.87. The smallest absolute Gasteiger partial charge is 0.339 e. The first-order valence-corrected chi connectivity index (χ1v) is 9.58. The van der Waals surface area contributed by atoms with Crippen molar-refractivity contribution in [1.29, 1.82) is 0 Å². The van der Waals surface area contributed by atoms with Crippen molar-refractivity contribution >= 4 is 34.3 Å². The monoisotopic (exact) mass is 427 g/mol. The van der Waals surface area contributed by atoms with Gasteiger partial charge in [0, 0.05) is 18.0 Å². The van der Waals surface area contributed by atoms with Gasteiger partial charge in [-0.3, -0.25) is 4.79 Å². The van der Waals surface area contributed by atoms with Crippen molar-refractivity contribution in [3.63, 3.8) is 0 Å². The number of ketones is 1. The quantitative estimate of drug-likeness (QED) is 0.510. The van der Waals surface area contributed by atoms with E-state index in [2.05, 4.69) is 0 Å². The highest BCUT2D eigenvalue weighted by atomic mass is 35.5. The molecule has 0 radical (unpaired) electrons. The Morgan fingerprint density at radius 1 is 1.00 bits per heavy atom. The number of nitrogens with zero attached hydrogens (tertiary/aromatic N) is 1. The van der Waals surface area contributed by atoms with Gasteiger partial charge < -0.3 is 14.2 Å². The summed E-state index contributed by atoms with van der Waals surface area (Å²) >= 11 is 0. The van der Waals surface area contributed by atoms with Crippen LogP contribution in [0.15, 0.2) is 53.4 Å². The molecule has 0 heterocycles. The van der Waals surface area contributed by atoms with Crippen LogP contribution in [-0.4, -0.2) is 50.8 Å². The number of carbonyl (C=O) groups excluding carboxylic acids is 1. The van der Waals surface area contributed by atoms with Gasteiger partial charge in [-0.05, 0) is 62.6 Å². The Hall–Kier alpha value is -2.42. The number of halogens is 1. The summed E-state index contributed by atoms with van der Waals surface area (Å²) in [5.41, 5.74) is 0.448. The molecular weight excluding hydrogens is 406 g/mol. The third kappa shape index (κ3) is 6.05. The van der Waals surface area contributed by atoms with E-state index in [0.717, 1.165) is 0 Å². The second-order valence-corrected chi connectivity index (χ2v) is 7.97. The fraction of sp³-hybridized carbons (Fsp3) is 0.263. The van der Waals surface area contributed by atoms with Crippen molar-refractivity contribution < 1.29 is 27.3 Å². The van der Waals surface area contributed by atoms with Crippen LogP contribution in [0.5, 0.6) is 5.75 Å². The van der Waals surface area contributed by atoms with Crippen LogP contribution in [0.2, 0.25) is 0 Å². The lowest BCUT2D eigenvalue weighted by Gasteiger charge is -2.16. The molecule has 152 valence electrons. The molecule has 0 aliphatic heterocycles. The molecule has 1 N–H and O–H groups in total. The number of Topliss-reactive ketones (excluding diaryl/α,β-unsaturated/α-hetero) is 1. The van der Waals surface area contributed by atoms with Crippen LogP contribution in [0.4, 0.5) is 0 Å². The zero-order valence-electron chi connectivity index (χ0n) is 15.7. The van der Waals surface area contributed by atoms with E-state index in [1.807, 2.05) is 25.9 Å². The molecule has 0 saturated carbocycles. The summed E-state index contributed by atoms with van der Waals surface area (Å²) in [5, 5.41) is 8.86. The van der Waals surface area contributed by atoms with Crippen molar-refractivity contribution in [3.05, 3.63) is 59.7 Å². The minimum atomic E-state index is -4.11. The number of aromatic carboxylic acids is 1. The summed E-state index contributed by atoms with van der Waals surface area (Å²) in [7, 11) is -0.339. The molecule has 7 nitrogen and oxygen atoms in total. The maximum Gasteiger partial charge on any atom is 0.339 e. The number of hydrogen-bond donors (Lipinski definition) is 1. The lowest BCUT2D eigenvalue weighted by Crippen LogP contribution is -2.25. The van der Waals surface area contributed by atoms with Crippen molar-refractivity contribution in [2.24, 2.45) is 5.92 Å². The van der Waals surface area contributed by atoms with Gasteiger partial charge in [-0.2, -0.15) is 8.42 Å². The summed E-state index contributed by atoms with van der Waals surface area (Å²) in [4.78, 5) is 24.9. The molecule has 2 aromatic carbocycles. The normalized spacial score (nSPS) is 12.1. The largest absolute Gasteiger partial charge is 0.478 e. The molecule has 0 aromatic heterocycles. The summed E-state index contributed by atoms with van der Waals surface area (Å²) in [6.07, 6.45) is 0. The van der Waals surface area contributed by atoms with Gasteiger partial charge in [0.05, 0.1) is 5.56 Å². The molecule has 9 heteroatoms. The second-order valence-electron chi connectivity index (χ2n) is 6.42. The van der Waals surface area contributed by atoms with Crippen molar-refractivity contribution in [3.8, 4) is 5.75 Å². The van der Waals surface area contributed by atoms with Crippen LogP contribution >= 0.6 is 12.4 Å². The number of hydrogen-bond acceptors (Lipinski definition) is 6. The standard InChI is InChI=1S/C19H21NO6S.ClH/c1-13(12-20(2)3)18(21)14-4-8-16(9-5-14)26-27(24,25)17-10-6-15(7-11-17)19(22)23;/h4-11,13H,12H2,1-3H3,(H,22,23);1H. The summed E-state index contributed by atoms with van der Waals surface area (Å²) in [6, 6.07) is 10.6. The highest BCUT2D eigenvalue weighted by Gasteiger charge is 2.19. The van der Waals surface area contributed by atoms with E-state index in [9.17, 15) is 18.0 Å². The average molecular weight is 428 g/mol. The predicted molar refractivity (Wildman–Crippen MR) is 107 cm³/mol. The maximum absolute atomic E-state index is 12.4. The van der Waals surface area contributed by atoms with Gasteiger partial charge in [-0.15, -0.1) is 12.4 Å². The summed E-state index contributed by atoms with van der Waals surface area (Å²) in [5.74, 6) is -1.32. The fourth-order valence-corrected chi connectivity index (χ4v) is 3.46. The van der Waals surface area contributed by atoms with Gasteiger partial charge in [0.25, 0.3) is 0 Å². The van der Waals surface area contributed by atoms with E-state index >= 15 is 0 Å². The Balaban J connectivity index is 0.00000392. The molecule has 0 bridgehead atoms. The molecule has 2 rings (SSSR count). The van der Waals surface area contributed by atoms with Crippen molar-refractivity contribution in [2.75, 3.05) is 20.6 Å². The molecule has 0 fully saturated rings. The van der Waals surface area contributed by atoms with Crippen LogP contribution in [-0.2, 0) is 10.1 Å². The molecular formula is C19H22ClNO6S. The number of benzene rings is 2. The van der Waals surface area contributed by atoms with Crippen LogP contribution in [0.1, 0.15) is 27.6 Å². The van der Waals surface area contributed by atoms with E-state index in [4.69, 9.17) is 9.29 Å². The van der Waals surface area contributed by atoms with Gasteiger partial charge in [-0.1, -0.05) is 6.92 Å². The molecule has 0 aliphatic rings. The zero-order chi connectivity index (χ0) is 20.2. The van der Waals surface area contributed by atoms with Gasteiger partial charge in [-0.25, -0.2) is 4.79 Å². The van der Waals surface area contributed by atoms with E-state index < -0.39 is 16.1 Å². The lowest BCUT2D eigenvalue weighted by molar-refractivity contribution is 0.0696. The third-order valence-electron chi connectivity index (χ3n) is 3.82. The topological polar surface area (TPSA) is 101 Å². The van der Waals surface area contributed by atoms with Gasteiger partial charge in [0.1, 0.15) is 10.6 Å². The number of carboxylic acid groups (broad SMARTS) is 1. The first kappa shape index (κ1) is 23.6. The van der Waals surface area contributed by atoms with E-state index in [1.54, 1.807) is 0 Å². The number of carboxylic acids is 1. The Morgan fingerprint density at radius 3 is 1.96 bits per heavy atom. The first-order chi connectivity index (χ1) is 12.6.